The van der Waals surface area contributed by atoms with Crippen molar-refractivity contribution in [1.82, 2.24) is 9.99 Å². The molecular weight excluding hydrogens is 304 g/mol. The van der Waals surface area contributed by atoms with Crippen molar-refractivity contribution in [2.75, 3.05) is 0 Å². The standard InChI is InChI=1S/C15H15ClN4O2/c1-9-7-11(8-18-19-15(22)14(17)21)10(2)20(9)13-6-4-3-5-12(13)16/h3-8H,1-2H3,(H2,17,21)(H,19,22)/b18-8-. The van der Waals surface area contributed by atoms with Crippen LogP contribution in [0.25, 0.3) is 5.69 Å². The van der Waals surface area contributed by atoms with Gasteiger partial charge in [-0.3, -0.25) is 9.59 Å². The van der Waals surface area contributed by atoms with Crippen LogP contribution >= 0.6 is 11.6 Å². The Morgan fingerprint density at radius 1 is 1.32 bits per heavy atom. The lowest BCUT2D eigenvalue weighted by Crippen LogP contribution is -2.32. The molecule has 3 N–H and O–H groups in total. The number of hydrogen-bond donors (Lipinski definition) is 2. The molecule has 114 valence electrons. The number of aryl methyl sites for hydroxylation is 1. The number of benzene rings is 1. The zero-order valence-corrected chi connectivity index (χ0v) is 12.9. The zero-order valence-electron chi connectivity index (χ0n) is 12.1. The maximum atomic E-state index is 11.0. The highest BCUT2D eigenvalue weighted by atomic mass is 35.5. The van der Waals surface area contributed by atoms with Crippen molar-refractivity contribution in [3.05, 3.63) is 52.3 Å². The second kappa shape index (κ2) is 6.44. The predicted molar refractivity (Wildman–Crippen MR) is 85.2 cm³/mol. The van der Waals surface area contributed by atoms with Gasteiger partial charge in [-0.05, 0) is 32.0 Å². The van der Waals surface area contributed by atoms with E-state index in [-0.39, 0.29) is 0 Å². The van der Waals surface area contributed by atoms with Gasteiger partial charge in [0.15, 0.2) is 0 Å². The highest BCUT2D eigenvalue weighted by molar-refractivity contribution is 6.34. The van der Waals surface area contributed by atoms with Crippen LogP contribution in [0.15, 0.2) is 35.4 Å². The normalized spacial score (nSPS) is 10.9. The number of aromatic nitrogens is 1. The number of hydrazone groups is 1. The van der Waals surface area contributed by atoms with Crippen LogP contribution in [0.1, 0.15) is 17.0 Å². The molecule has 0 spiro atoms. The van der Waals surface area contributed by atoms with Crippen molar-refractivity contribution in [2.24, 2.45) is 10.8 Å². The molecule has 0 aliphatic rings. The van der Waals surface area contributed by atoms with E-state index >= 15 is 0 Å². The van der Waals surface area contributed by atoms with E-state index in [1.54, 1.807) is 0 Å². The van der Waals surface area contributed by atoms with Crippen LogP contribution in [0.3, 0.4) is 0 Å². The summed E-state index contributed by atoms with van der Waals surface area (Å²) in [7, 11) is 0. The Morgan fingerprint density at radius 2 is 2.00 bits per heavy atom. The second-order valence-electron chi connectivity index (χ2n) is 4.68. The maximum Gasteiger partial charge on any atom is 0.329 e. The number of hydrogen-bond acceptors (Lipinski definition) is 3. The highest BCUT2D eigenvalue weighted by Gasteiger charge is 2.12. The molecule has 2 rings (SSSR count). The molecule has 2 aromatic rings. The fourth-order valence-electron chi connectivity index (χ4n) is 2.14. The fourth-order valence-corrected chi connectivity index (χ4v) is 2.36. The second-order valence-corrected chi connectivity index (χ2v) is 5.08. The van der Waals surface area contributed by atoms with Crippen LogP contribution in [0, 0.1) is 13.8 Å². The van der Waals surface area contributed by atoms with E-state index in [1.807, 2.05) is 48.7 Å². The van der Waals surface area contributed by atoms with Gasteiger partial charge in [-0.1, -0.05) is 23.7 Å². The van der Waals surface area contributed by atoms with E-state index in [1.165, 1.54) is 6.21 Å². The molecule has 0 saturated carbocycles. The Hall–Kier alpha value is -2.60. The number of carbonyl (C=O) groups is 2. The average molecular weight is 319 g/mol. The van der Waals surface area contributed by atoms with E-state index in [0.717, 1.165) is 22.6 Å². The number of primary amides is 1. The van der Waals surface area contributed by atoms with Gasteiger partial charge in [-0.25, -0.2) is 5.43 Å². The number of carbonyl (C=O) groups excluding carboxylic acids is 2. The number of rotatable bonds is 3. The summed E-state index contributed by atoms with van der Waals surface area (Å²) in [4.78, 5) is 21.6. The van der Waals surface area contributed by atoms with Gasteiger partial charge < -0.3 is 10.3 Å². The molecule has 0 unspecified atom stereocenters. The number of nitrogens with two attached hydrogens (primary N) is 1. The molecule has 0 fully saturated rings. The number of amides is 2. The molecular formula is C15H15ClN4O2. The van der Waals surface area contributed by atoms with Crippen molar-refractivity contribution in [1.29, 1.82) is 0 Å². The SMILES string of the molecule is Cc1cc(/C=N\NC(=O)C(N)=O)c(C)n1-c1ccccc1Cl. The van der Waals surface area contributed by atoms with E-state index in [4.69, 9.17) is 17.3 Å². The van der Waals surface area contributed by atoms with Gasteiger partial charge in [0, 0.05) is 17.0 Å². The quantitative estimate of drug-likeness (QED) is 0.512. The summed E-state index contributed by atoms with van der Waals surface area (Å²) >= 11 is 6.23. The lowest BCUT2D eigenvalue weighted by Gasteiger charge is -2.11. The Kier molecular flexibility index (Phi) is 4.62. The molecule has 0 aliphatic carbocycles. The predicted octanol–water partition coefficient (Wildman–Crippen LogP) is 1.68. The van der Waals surface area contributed by atoms with E-state index < -0.39 is 11.8 Å². The minimum absolute atomic E-state index is 0.634. The van der Waals surface area contributed by atoms with Crippen molar-refractivity contribution in [3.63, 3.8) is 0 Å². The van der Waals surface area contributed by atoms with Crippen molar-refractivity contribution in [2.45, 2.75) is 13.8 Å². The molecule has 0 aliphatic heterocycles. The first-order chi connectivity index (χ1) is 10.4. The topological polar surface area (TPSA) is 89.5 Å². The van der Waals surface area contributed by atoms with Crippen LogP contribution in [0.5, 0.6) is 0 Å². The molecule has 1 aromatic carbocycles. The van der Waals surface area contributed by atoms with Gasteiger partial charge in [0.1, 0.15) is 0 Å². The summed E-state index contributed by atoms with van der Waals surface area (Å²) in [5.41, 5.74) is 10.4. The highest BCUT2D eigenvalue weighted by Crippen LogP contribution is 2.25. The molecule has 0 saturated heterocycles. The minimum atomic E-state index is -1.08. The van der Waals surface area contributed by atoms with Crippen molar-refractivity contribution < 1.29 is 9.59 Å². The maximum absolute atomic E-state index is 11.0. The van der Waals surface area contributed by atoms with Crippen molar-refractivity contribution >= 4 is 29.6 Å². The molecule has 0 bridgehead atoms. The average Bonchev–Trinajstić information content (AvgIpc) is 2.74. The summed E-state index contributed by atoms with van der Waals surface area (Å²) < 4.78 is 1.99. The largest absolute Gasteiger partial charge is 0.361 e. The van der Waals surface area contributed by atoms with Gasteiger partial charge in [0.05, 0.1) is 16.9 Å². The van der Waals surface area contributed by atoms with Gasteiger partial charge >= 0.3 is 11.8 Å². The van der Waals surface area contributed by atoms with E-state index in [2.05, 4.69) is 10.5 Å². The molecule has 1 aromatic heterocycles. The van der Waals surface area contributed by atoms with Crippen LogP contribution < -0.4 is 11.2 Å². The molecule has 0 radical (unpaired) electrons. The Balaban J connectivity index is 2.32. The number of halogens is 1. The lowest BCUT2D eigenvalue weighted by molar-refractivity contribution is -0.137. The Labute approximate surface area is 132 Å². The molecule has 1 heterocycles. The smallest absolute Gasteiger partial charge is 0.329 e. The lowest BCUT2D eigenvalue weighted by atomic mass is 10.2. The zero-order chi connectivity index (χ0) is 16.3. The van der Waals surface area contributed by atoms with Gasteiger partial charge in [0.2, 0.25) is 0 Å². The molecule has 6 nitrogen and oxygen atoms in total. The molecule has 2 amide bonds. The van der Waals surface area contributed by atoms with Gasteiger partial charge in [-0.2, -0.15) is 5.10 Å². The molecule has 0 atom stereocenters. The first kappa shape index (κ1) is 15.8. The Bertz CT molecular complexity index is 765. The monoisotopic (exact) mass is 318 g/mol. The van der Waals surface area contributed by atoms with Crippen LogP contribution in [0.4, 0.5) is 0 Å². The third-order valence-electron chi connectivity index (χ3n) is 3.16. The summed E-state index contributed by atoms with van der Waals surface area (Å²) in [5.74, 6) is -2.05. The minimum Gasteiger partial charge on any atom is -0.361 e. The van der Waals surface area contributed by atoms with Crippen molar-refractivity contribution in [3.8, 4) is 5.69 Å². The third kappa shape index (κ3) is 3.17. The van der Waals surface area contributed by atoms with Crippen LogP contribution in [0.2, 0.25) is 5.02 Å². The first-order valence-electron chi connectivity index (χ1n) is 6.48. The number of nitrogens with zero attached hydrogens (tertiary/aromatic N) is 2. The third-order valence-corrected chi connectivity index (χ3v) is 3.48. The summed E-state index contributed by atoms with van der Waals surface area (Å²) in [5, 5.41) is 4.36. The van der Waals surface area contributed by atoms with E-state index in [0.29, 0.717) is 5.02 Å². The van der Waals surface area contributed by atoms with Crippen LogP contribution in [-0.4, -0.2) is 22.6 Å². The summed E-state index contributed by atoms with van der Waals surface area (Å²) in [6.45, 7) is 3.85. The van der Waals surface area contributed by atoms with Crippen LogP contribution in [-0.2, 0) is 9.59 Å². The molecule has 22 heavy (non-hydrogen) atoms. The number of para-hydroxylation sites is 1. The fraction of sp³-hybridized carbons (Fsp3) is 0.133. The summed E-state index contributed by atoms with van der Waals surface area (Å²) in [6, 6.07) is 9.40. The summed E-state index contributed by atoms with van der Waals surface area (Å²) in [6.07, 6.45) is 1.45. The van der Waals surface area contributed by atoms with Gasteiger partial charge in [-0.15, -0.1) is 0 Å². The molecule has 7 heteroatoms. The first-order valence-corrected chi connectivity index (χ1v) is 6.86. The number of nitrogens with one attached hydrogen (secondary N) is 1. The Morgan fingerprint density at radius 3 is 2.64 bits per heavy atom. The van der Waals surface area contributed by atoms with Gasteiger partial charge in [0.25, 0.3) is 0 Å². The van der Waals surface area contributed by atoms with E-state index in [9.17, 15) is 9.59 Å².